The van der Waals surface area contributed by atoms with Crippen molar-refractivity contribution in [3.63, 3.8) is 0 Å². The van der Waals surface area contributed by atoms with Gasteiger partial charge in [-0.15, -0.1) is 0 Å². The molecule has 3 nitrogen and oxygen atoms in total. The second-order valence-electron chi connectivity index (χ2n) is 5.09. The van der Waals surface area contributed by atoms with E-state index >= 15 is 0 Å². The Morgan fingerprint density at radius 1 is 1.14 bits per heavy atom. The predicted octanol–water partition coefficient (Wildman–Crippen LogP) is 3.35. The van der Waals surface area contributed by atoms with Crippen LogP contribution < -0.4 is 4.74 Å². The number of aromatic nitrogens is 1. The summed E-state index contributed by atoms with van der Waals surface area (Å²) in [5, 5.41) is 0. The molecule has 0 amide bonds. The van der Waals surface area contributed by atoms with Gasteiger partial charge in [0.1, 0.15) is 0 Å². The van der Waals surface area contributed by atoms with E-state index in [0.29, 0.717) is 5.88 Å². The third kappa shape index (κ3) is 5.23. The number of hydrogen-bond donors (Lipinski definition) is 0. The van der Waals surface area contributed by atoms with Gasteiger partial charge in [-0.2, -0.15) is 0 Å². The minimum Gasteiger partial charge on any atom is -0.481 e. The average Bonchev–Trinajstić information content (AvgIpc) is 2.57. The number of ether oxygens (including phenoxy) is 1. The Morgan fingerprint density at radius 3 is 2.59 bits per heavy atom. The van der Waals surface area contributed by atoms with Gasteiger partial charge < -0.3 is 4.74 Å². The minimum absolute atomic E-state index is 0.648. The molecule has 0 fully saturated rings. The van der Waals surface area contributed by atoms with Crippen LogP contribution >= 0.6 is 0 Å². The Kier molecular flexibility index (Phi) is 6.47. The van der Waals surface area contributed by atoms with Crippen LogP contribution in [0.3, 0.4) is 0 Å². The Bertz CT molecular complexity index is 611. The van der Waals surface area contributed by atoms with E-state index < -0.39 is 0 Å². The molecular formula is C19H22N2O. The highest BCUT2D eigenvalue weighted by molar-refractivity contribution is 5.33. The fraction of sp³-hybridized carbons (Fsp3) is 0.316. The lowest BCUT2D eigenvalue weighted by molar-refractivity contribution is 0.299. The first kappa shape index (κ1) is 16.1. The summed E-state index contributed by atoms with van der Waals surface area (Å²) < 4.78 is 5.09. The summed E-state index contributed by atoms with van der Waals surface area (Å²) in [6.07, 6.45) is 2.97. The van der Waals surface area contributed by atoms with Crippen molar-refractivity contribution in [1.29, 1.82) is 0 Å². The van der Waals surface area contributed by atoms with Crippen molar-refractivity contribution >= 4 is 0 Å². The van der Waals surface area contributed by atoms with Gasteiger partial charge in [0.25, 0.3) is 0 Å². The van der Waals surface area contributed by atoms with E-state index in [4.69, 9.17) is 4.74 Å². The summed E-state index contributed by atoms with van der Waals surface area (Å²) >= 11 is 0. The van der Waals surface area contributed by atoms with Gasteiger partial charge in [0.2, 0.25) is 5.88 Å². The van der Waals surface area contributed by atoms with Crippen LogP contribution in [0.2, 0.25) is 0 Å². The zero-order chi connectivity index (χ0) is 15.6. The first-order valence-corrected chi connectivity index (χ1v) is 7.57. The Labute approximate surface area is 133 Å². The Morgan fingerprint density at radius 2 is 1.95 bits per heavy atom. The molecule has 0 unspecified atom stereocenters. The van der Waals surface area contributed by atoms with Crippen LogP contribution in [0.4, 0.5) is 0 Å². The highest BCUT2D eigenvalue weighted by Crippen LogP contribution is 2.09. The molecule has 0 aliphatic rings. The summed E-state index contributed by atoms with van der Waals surface area (Å²) in [7, 11) is 1.63. The van der Waals surface area contributed by atoms with Crippen LogP contribution in [0.15, 0.2) is 48.7 Å². The zero-order valence-electron chi connectivity index (χ0n) is 13.2. The second-order valence-corrected chi connectivity index (χ2v) is 5.09. The topological polar surface area (TPSA) is 25.4 Å². The average molecular weight is 294 g/mol. The molecule has 2 rings (SSSR count). The van der Waals surface area contributed by atoms with Crippen LogP contribution in [0.25, 0.3) is 0 Å². The van der Waals surface area contributed by atoms with Crippen LogP contribution in [0, 0.1) is 11.8 Å². The van der Waals surface area contributed by atoms with E-state index in [1.807, 2.05) is 42.6 Å². The fourth-order valence-electron chi connectivity index (χ4n) is 2.19. The van der Waals surface area contributed by atoms with Gasteiger partial charge in [-0.1, -0.05) is 43.0 Å². The lowest BCUT2D eigenvalue weighted by Crippen LogP contribution is -2.24. The molecule has 0 saturated carbocycles. The third-order valence-corrected chi connectivity index (χ3v) is 3.26. The van der Waals surface area contributed by atoms with E-state index in [2.05, 4.69) is 34.7 Å². The van der Waals surface area contributed by atoms with E-state index in [1.165, 1.54) is 5.56 Å². The van der Waals surface area contributed by atoms with Crippen molar-refractivity contribution in [3.05, 3.63) is 59.8 Å². The van der Waals surface area contributed by atoms with Crippen molar-refractivity contribution in [1.82, 2.24) is 9.88 Å². The van der Waals surface area contributed by atoms with E-state index in [0.717, 1.165) is 31.6 Å². The molecule has 22 heavy (non-hydrogen) atoms. The normalized spacial score (nSPS) is 10.1. The molecule has 1 heterocycles. The van der Waals surface area contributed by atoms with E-state index in [1.54, 1.807) is 7.11 Å². The molecule has 0 atom stereocenters. The van der Waals surface area contributed by atoms with Gasteiger partial charge in [0.05, 0.1) is 13.7 Å². The maximum Gasteiger partial charge on any atom is 0.212 e. The zero-order valence-corrected chi connectivity index (χ0v) is 13.2. The molecule has 0 bridgehead atoms. The highest BCUT2D eigenvalue weighted by atomic mass is 16.5. The molecule has 114 valence electrons. The first-order chi connectivity index (χ1) is 10.8. The van der Waals surface area contributed by atoms with Gasteiger partial charge in [0.15, 0.2) is 0 Å². The van der Waals surface area contributed by atoms with Gasteiger partial charge in [0, 0.05) is 24.4 Å². The number of hydrogen-bond acceptors (Lipinski definition) is 3. The van der Waals surface area contributed by atoms with Crippen molar-refractivity contribution in [3.8, 4) is 17.7 Å². The highest BCUT2D eigenvalue weighted by Gasteiger charge is 2.04. The maximum absolute atomic E-state index is 5.09. The van der Waals surface area contributed by atoms with Crippen molar-refractivity contribution in [2.24, 2.45) is 0 Å². The van der Waals surface area contributed by atoms with Crippen LogP contribution in [0.5, 0.6) is 5.88 Å². The molecule has 0 spiro atoms. The summed E-state index contributed by atoms with van der Waals surface area (Å²) in [5.74, 6) is 7.12. The number of rotatable bonds is 6. The second kappa shape index (κ2) is 8.86. The number of benzene rings is 1. The minimum atomic E-state index is 0.648. The number of pyridine rings is 1. The molecule has 0 aliphatic carbocycles. The molecular weight excluding hydrogens is 272 g/mol. The van der Waals surface area contributed by atoms with Crippen molar-refractivity contribution in [2.45, 2.75) is 19.9 Å². The molecule has 0 saturated heterocycles. The van der Waals surface area contributed by atoms with Crippen molar-refractivity contribution in [2.75, 3.05) is 20.2 Å². The summed E-state index contributed by atoms with van der Waals surface area (Å²) in [6, 6.07) is 14.0. The van der Waals surface area contributed by atoms with Crippen LogP contribution in [0.1, 0.15) is 24.5 Å². The maximum atomic E-state index is 5.09. The van der Waals surface area contributed by atoms with Gasteiger partial charge >= 0.3 is 0 Å². The Balaban J connectivity index is 1.96. The number of nitrogens with zero attached hydrogens (tertiary/aromatic N) is 2. The summed E-state index contributed by atoms with van der Waals surface area (Å²) in [6.45, 7) is 4.82. The lowest BCUT2D eigenvalue weighted by atomic mass is 10.2. The van der Waals surface area contributed by atoms with E-state index in [-0.39, 0.29) is 0 Å². The van der Waals surface area contributed by atoms with Crippen LogP contribution in [-0.4, -0.2) is 30.1 Å². The van der Waals surface area contributed by atoms with Crippen molar-refractivity contribution < 1.29 is 4.74 Å². The first-order valence-electron chi connectivity index (χ1n) is 7.57. The molecule has 3 heteroatoms. The third-order valence-electron chi connectivity index (χ3n) is 3.26. The van der Waals surface area contributed by atoms with E-state index in [9.17, 15) is 0 Å². The van der Waals surface area contributed by atoms with Gasteiger partial charge in [-0.05, 0) is 30.7 Å². The summed E-state index contributed by atoms with van der Waals surface area (Å²) in [4.78, 5) is 6.59. The molecule has 1 aromatic heterocycles. The van der Waals surface area contributed by atoms with Gasteiger partial charge in [-0.3, -0.25) is 4.90 Å². The molecule has 0 aliphatic heterocycles. The largest absolute Gasteiger partial charge is 0.481 e. The number of methoxy groups -OCH3 is 1. The quantitative estimate of drug-likeness (QED) is 0.764. The molecule has 1 aromatic carbocycles. The molecule has 0 radical (unpaired) electrons. The van der Waals surface area contributed by atoms with Crippen LogP contribution in [-0.2, 0) is 6.54 Å². The fourth-order valence-corrected chi connectivity index (χ4v) is 2.19. The van der Waals surface area contributed by atoms with Gasteiger partial charge in [-0.25, -0.2) is 4.98 Å². The SMILES string of the molecule is CCCN(CC#Cc1ccccc1)Cc1ccc(OC)nc1. The predicted molar refractivity (Wildman–Crippen MR) is 89.7 cm³/mol. The lowest BCUT2D eigenvalue weighted by Gasteiger charge is -2.18. The molecule has 2 aromatic rings. The Hall–Kier alpha value is -2.31. The summed E-state index contributed by atoms with van der Waals surface area (Å²) in [5.41, 5.74) is 2.24. The smallest absolute Gasteiger partial charge is 0.212 e. The molecule has 0 N–H and O–H groups in total. The monoisotopic (exact) mass is 294 g/mol. The standard InChI is InChI=1S/C19H22N2O/c1-3-13-21(14-7-10-17-8-5-4-6-9-17)16-18-11-12-19(22-2)20-15-18/h4-6,8-9,11-12,15H,3,13-14,16H2,1-2H3.